The van der Waals surface area contributed by atoms with E-state index in [1.54, 1.807) is 0 Å². The molecule has 92 heavy (non-hydrogen) atoms. The third-order valence-corrected chi connectivity index (χ3v) is 17.3. The van der Waals surface area contributed by atoms with Crippen molar-refractivity contribution in [2.45, 2.75) is 6.18 Å². The van der Waals surface area contributed by atoms with Crippen LogP contribution < -0.4 is 0 Å². The van der Waals surface area contributed by atoms with E-state index in [1.807, 2.05) is 258 Å². The first kappa shape index (κ1) is 55.4. The van der Waals surface area contributed by atoms with Crippen LogP contribution in [0.3, 0.4) is 0 Å². The van der Waals surface area contributed by atoms with Gasteiger partial charge >= 0.3 is 6.18 Å². The molecule has 0 spiro atoms. The Labute approximate surface area is 525 Å². The average Bonchev–Trinajstić information content (AvgIpc) is 1.47. The molecule has 0 N–H and O–H groups in total. The summed E-state index contributed by atoms with van der Waals surface area (Å²) < 4.78 is 87.2. The summed E-state index contributed by atoms with van der Waals surface area (Å²) in [6.45, 7) is 0. The number of benzene rings is 11. The molecule has 10 heteroatoms. The van der Waals surface area contributed by atoms with Crippen molar-refractivity contribution in [3.8, 4) is 112 Å². The molecular formula is C82H50F5N5. The predicted molar refractivity (Wildman–Crippen MR) is 362 cm³/mol. The van der Waals surface area contributed by atoms with Crippen LogP contribution in [0.4, 0.5) is 22.0 Å². The van der Waals surface area contributed by atoms with Crippen molar-refractivity contribution in [3.63, 3.8) is 0 Å². The zero-order valence-corrected chi connectivity index (χ0v) is 49.0. The van der Waals surface area contributed by atoms with E-state index < -0.39 is 34.5 Å². The standard InChI is InChI=1S/C82H50F5N5/c83-67-28-14-29-68(84)81(67)65-49-79(91-76-46-58(72-33-15-30-69(88-72)52-20-7-2-8-21-52)38-42-63(76)64-43-39-59(47-77(64)91)73-34-16-31-70(89-73)53-22-9-3-10-23-53)80(50-66(65)82(85,86)87)92-75-45-57(56-27-13-26-55(44-56)51-18-5-1-6-19-51)36-40-61(75)62-41-37-60(48-78(62)92)74-35-17-32-71(90-74)54-24-11-4-12-25-54/h1-50H. The summed E-state index contributed by atoms with van der Waals surface area (Å²) in [6, 6.07) is 94.9. The van der Waals surface area contributed by atoms with Crippen molar-refractivity contribution in [1.82, 2.24) is 24.1 Å². The first-order valence-corrected chi connectivity index (χ1v) is 30.2. The highest BCUT2D eigenvalue weighted by Crippen LogP contribution is 2.48. The molecule has 16 aromatic rings. The van der Waals surface area contributed by atoms with Gasteiger partial charge in [0.05, 0.1) is 78.7 Å². The Balaban J connectivity index is 1.04. The number of pyridine rings is 3. The van der Waals surface area contributed by atoms with E-state index in [9.17, 15) is 0 Å². The number of alkyl halides is 3. The molecule has 0 saturated heterocycles. The van der Waals surface area contributed by atoms with E-state index in [2.05, 4.69) is 24.3 Å². The molecule has 0 bridgehead atoms. The van der Waals surface area contributed by atoms with E-state index >= 15 is 22.0 Å². The maximum atomic E-state index is 16.7. The fourth-order valence-electron chi connectivity index (χ4n) is 12.9. The average molecular weight is 1200 g/mol. The zero-order chi connectivity index (χ0) is 62.0. The number of aromatic nitrogens is 5. The number of hydrogen-bond acceptors (Lipinski definition) is 3. The Morgan fingerprint density at radius 1 is 0.250 bits per heavy atom. The van der Waals surface area contributed by atoms with Crippen LogP contribution in [0.5, 0.6) is 0 Å². The van der Waals surface area contributed by atoms with Gasteiger partial charge in [-0.1, -0.05) is 212 Å². The highest BCUT2D eigenvalue weighted by atomic mass is 19.4. The third-order valence-electron chi connectivity index (χ3n) is 17.3. The predicted octanol–water partition coefficient (Wildman–Crippen LogP) is 22.4. The van der Waals surface area contributed by atoms with Crippen molar-refractivity contribution in [2.24, 2.45) is 0 Å². The monoisotopic (exact) mass is 1200 g/mol. The van der Waals surface area contributed by atoms with E-state index in [0.717, 1.165) is 113 Å². The third kappa shape index (κ3) is 9.95. The number of hydrogen-bond donors (Lipinski definition) is 0. The summed E-state index contributed by atoms with van der Waals surface area (Å²) in [6.07, 6.45) is -5.14. The lowest BCUT2D eigenvalue weighted by Gasteiger charge is -2.23. The largest absolute Gasteiger partial charge is 0.417 e. The van der Waals surface area contributed by atoms with Crippen LogP contribution in [-0.2, 0) is 6.18 Å². The molecule has 11 aromatic carbocycles. The van der Waals surface area contributed by atoms with Gasteiger partial charge in [0.15, 0.2) is 0 Å². The van der Waals surface area contributed by atoms with Crippen molar-refractivity contribution in [3.05, 3.63) is 321 Å². The number of rotatable bonds is 11. The van der Waals surface area contributed by atoms with Gasteiger partial charge in [-0.25, -0.2) is 23.7 Å². The maximum Gasteiger partial charge on any atom is 0.417 e. The van der Waals surface area contributed by atoms with Crippen LogP contribution in [0, 0.1) is 11.6 Å². The Morgan fingerprint density at radius 2 is 0.543 bits per heavy atom. The molecule has 5 nitrogen and oxygen atoms in total. The lowest BCUT2D eigenvalue weighted by molar-refractivity contribution is -0.137. The van der Waals surface area contributed by atoms with Gasteiger partial charge in [-0.05, 0) is 113 Å². The van der Waals surface area contributed by atoms with Crippen LogP contribution in [0.25, 0.3) is 156 Å². The summed E-state index contributed by atoms with van der Waals surface area (Å²) in [5.41, 5.74) is 12.7. The first-order chi connectivity index (χ1) is 45.1. The van der Waals surface area contributed by atoms with E-state index in [-0.39, 0.29) is 11.4 Å². The fourth-order valence-corrected chi connectivity index (χ4v) is 12.9. The molecule has 5 heterocycles. The molecule has 0 aliphatic heterocycles. The van der Waals surface area contributed by atoms with Crippen LogP contribution in [0.1, 0.15) is 5.56 Å². The van der Waals surface area contributed by atoms with Gasteiger partial charge in [0, 0.05) is 60.5 Å². The van der Waals surface area contributed by atoms with Crippen LogP contribution in [0.2, 0.25) is 0 Å². The SMILES string of the molecule is Fc1cccc(F)c1-c1cc(-n2c3cc(-c4cccc(-c5ccccc5)n4)ccc3c3ccc(-c4cccc(-c5ccccc5)n4)cc32)c(-n2c3cc(-c4cccc(-c5ccccc5)c4)ccc3c3ccc(-c4cccc(-c5ccccc5)n4)cc32)cc1C(F)(F)F. The van der Waals surface area contributed by atoms with E-state index in [1.165, 1.54) is 6.07 Å². The number of fused-ring (bicyclic) bond motifs is 6. The molecule has 0 fully saturated rings. The summed E-state index contributed by atoms with van der Waals surface area (Å²) in [4.78, 5) is 15.5. The van der Waals surface area contributed by atoms with Gasteiger partial charge in [0.25, 0.3) is 0 Å². The van der Waals surface area contributed by atoms with Crippen molar-refractivity contribution in [2.75, 3.05) is 0 Å². The zero-order valence-electron chi connectivity index (χ0n) is 49.0. The molecule has 0 saturated carbocycles. The first-order valence-electron chi connectivity index (χ1n) is 30.2. The van der Waals surface area contributed by atoms with Gasteiger partial charge < -0.3 is 9.13 Å². The van der Waals surface area contributed by atoms with Gasteiger partial charge in [-0.3, -0.25) is 0 Å². The second-order valence-electron chi connectivity index (χ2n) is 22.8. The smallest absolute Gasteiger partial charge is 0.307 e. The van der Waals surface area contributed by atoms with E-state index in [0.29, 0.717) is 44.7 Å². The summed E-state index contributed by atoms with van der Waals surface area (Å²) in [5, 5.41) is 3.03. The van der Waals surface area contributed by atoms with Gasteiger partial charge in [0.1, 0.15) is 11.6 Å². The molecule has 5 aromatic heterocycles. The topological polar surface area (TPSA) is 48.5 Å². The molecule has 0 radical (unpaired) electrons. The van der Waals surface area contributed by atoms with Crippen molar-refractivity contribution >= 4 is 43.6 Å². The highest BCUT2D eigenvalue weighted by molar-refractivity contribution is 6.14. The lowest BCUT2D eigenvalue weighted by atomic mass is 9.95. The molecule has 0 amide bonds. The fraction of sp³-hybridized carbons (Fsp3) is 0.0122. The minimum Gasteiger partial charge on any atom is -0.307 e. The minimum absolute atomic E-state index is 0.0826. The second kappa shape index (κ2) is 22.6. The molecule has 0 unspecified atom stereocenters. The molecule has 0 aliphatic carbocycles. The van der Waals surface area contributed by atoms with Gasteiger partial charge in [-0.2, -0.15) is 13.2 Å². The quantitative estimate of drug-likeness (QED) is 0.121. The molecule has 16 rings (SSSR count). The maximum absolute atomic E-state index is 16.7. The number of nitrogens with zero attached hydrogens (tertiary/aromatic N) is 5. The summed E-state index contributed by atoms with van der Waals surface area (Å²) >= 11 is 0. The molecule has 0 atom stereocenters. The Hall–Kier alpha value is -11.9. The highest BCUT2D eigenvalue weighted by Gasteiger charge is 2.38. The van der Waals surface area contributed by atoms with Crippen LogP contribution >= 0.6 is 0 Å². The van der Waals surface area contributed by atoms with Gasteiger partial charge in [0.2, 0.25) is 0 Å². The lowest BCUT2D eigenvalue weighted by Crippen LogP contribution is -2.13. The minimum atomic E-state index is -5.14. The second-order valence-corrected chi connectivity index (χ2v) is 22.8. The van der Waals surface area contributed by atoms with Crippen molar-refractivity contribution in [1.29, 1.82) is 0 Å². The summed E-state index contributed by atoms with van der Waals surface area (Å²) in [7, 11) is 0. The van der Waals surface area contributed by atoms with Crippen LogP contribution in [-0.4, -0.2) is 24.1 Å². The molecule has 438 valence electrons. The van der Waals surface area contributed by atoms with Crippen LogP contribution in [0.15, 0.2) is 303 Å². The molecular weight excluding hydrogens is 1150 g/mol. The Morgan fingerprint density at radius 3 is 0.935 bits per heavy atom. The van der Waals surface area contributed by atoms with E-state index in [4.69, 9.17) is 15.0 Å². The Bertz CT molecular complexity index is 5230. The normalized spacial score (nSPS) is 11.8. The Kier molecular flexibility index (Phi) is 13.6. The molecule has 0 aliphatic rings. The van der Waals surface area contributed by atoms with Crippen molar-refractivity contribution < 1.29 is 22.0 Å². The van der Waals surface area contributed by atoms with Gasteiger partial charge in [-0.15, -0.1) is 0 Å². The summed E-state index contributed by atoms with van der Waals surface area (Å²) in [5.74, 6) is -2.30. The number of halogens is 5.